The summed E-state index contributed by atoms with van der Waals surface area (Å²) in [7, 11) is 0. The molecule has 1 aliphatic rings. The van der Waals surface area contributed by atoms with Gasteiger partial charge < -0.3 is 20.5 Å². The molecule has 0 spiro atoms. The third-order valence-electron chi connectivity index (χ3n) is 4.46. The van der Waals surface area contributed by atoms with Crippen LogP contribution in [0, 0.1) is 0 Å². The molecule has 152 valence electrons. The quantitative estimate of drug-likeness (QED) is 0.553. The Bertz CT molecular complexity index is 1080. The van der Waals surface area contributed by atoms with Crippen LogP contribution in [0.25, 0.3) is 11.5 Å². The van der Waals surface area contributed by atoms with Crippen LogP contribution in [0.1, 0.15) is 22.7 Å². The number of amides is 3. The van der Waals surface area contributed by atoms with Gasteiger partial charge in [0.05, 0.1) is 17.7 Å². The van der Waals surface area contributed by atoms with E-state index >= 15 is 0 Å². The third kappa shape index (κ3) is 4.32. The van der Waals surface area contributed by atoms with E-state index in [9.17, 15) is 14.4 Å². The number of para-hydroxylation sites is 1. The molecule has 10 heteroatoms. The molecule has 0 aliphatic carbocycles. The van der Waals surface area contributed by atoms with Crippen LogP contribution >= 0.6 is 0 Å². The average Bonchev–Trinajstić information content (AvgIpc) is 3.19. The number of carbonyl (C=O) groups excluding carboxylic acids is 3. The molecule has 1 aliphatic heterocycles. The maximum absolute atomic E-state index is 12.3. The van der Waals surface area contributed by atoms with Crippen molar-refractivity contribution in [1.82, 2.24) is 25.8 Å². The molecule has 0 saturated carbocycles. The monoisotopic (exact) mass is 406 g/mol. The average molecular weight is 406 g/mol. The number of hydrogen-bond acceptors (Lipinski definition) is 7. The fraction of sp³-hybridized carbons (Fsp3) is 0.200. The van der Waals surface area contributed by atoms with Crippen molar-refractivity contribution in [2.75, 3.05) is 11.9 Å². The van der Waals surface area contributed by atoms with Crippen molar-refractivity contribution in [3.63, 3.8) is 0 Å². The lowest BCUT2D eigenvalue weighted by atomic mass is 10.1. The number of pyridine rings is 1. The standard InChI is InChI=1S/C20H18N6O4/c27-16(11-15-20(29)23-13-6-2-1-5-12(13)19(28)24-15)22-10-8-17-25-18(26-30-17)14-7-3-4-9-21-14/h1-7,9,15H,8,10-11H2,(H,22,27)(H,23,29)(H,24,28). The summed E-state index contributed by atoms with van der Waals surface area (Å²) in [5.41, 5.74) is 1.37. The number of aromatic nitrogens is 3. The van der Waals surface area contributed by atoms with Gasteiger partial charge >= 0.3 is 0 Å². The van der Waals surface area contributed by atoms with Gasteiger partial charge in [-0.1, -0.05) is 23.4 Å². The molecule has 0 saturated heterocycles. The van der Waals surface area contributed by atoms with Crippen molar-refractivity contribution in [3.05, 3.63) is 60.1 Å². The predicted molar refractivity (Wildman–Crippen MR) is 105 cm³/mol. The SMILES string of the molecule is O=C(CC1NC(=O)c2ccccc2NC1=O)NCCc1nc(-c2ccccn2)no1. The molecule has 0 bridgehead atoms. The number of nitrogens with one attached hydrogen (secondary N) is 3. The number of carbonyl (C=O) groups is 3. The third-order valence-corrected chi connectivity index (χ3v) is 4.46. The minimum absolute atomic E-state index is 0.186. The lowest BCUT2D eigenvalue weighted by Gasteiger charge is -2.14. The molecule has 3 amide bonds. The molecule has 1 atom stereocenters. The normalized spacial score (nSPS) is 15.5. The largest absolute Gasteiger partial charge is 0.356 e. The Labute approximate surface area is 171 Å². The van der Waals surface area contributed by atoms with Crippen LogP contribution < -0.4 is 16.0 Å². The lowest BCUT2D eigenvalue weighted by molar-refractivity contribution is -0.125. The van der Waals surface area contributed by atoms with Gasteiger partial charge in [-0.05, 0) is 24.3 Å². The topological polar surface area (TPSA) is 139 Å². The van der Waals surface area contributed by atoms with Gasteiger partial charge in [0.15, 0.2) is 0 Å². The first kappa shape index (κ1) is 19.2. The summed E-state index contributed by atoms with van der Waals surface area (Å²) in [5.74, 6) is -0.512. The van der Waals surface area contributed by atoms with Crippen molar-refractivity contribution in [3.8, 4) is 11.5 Å². The summed E-state index contributed by atoms with van der Waals surface area (Å²) < 4.78 is 5.16. The number of hydrogen-bond donors (Lipinski definition) is 3. The number of rotatable bonds is 6. The van der Waals surface area contributed by atoms with Gasteiger partial charge in [0.2, 0.25) is 23.5 Å². The van der Waals surface area contributed by atoms with E-state index in [1.807, 2.05) is 6.07 Å². The van der Waals surface area contributed by atoms with E-state index in [0.29, 0.717) is 35.1 Å². The van der Waals surface area contributed by atoms with Crippen molar-refractivity contribution in [2.45, 2.75) is 18.9 Å². The molecule has 1 aromatic carbocycles. The summed E-state index contributed by atoms with van der Waals surface area (Å²) in [5, 5.41) is 11.8. The molecule has 1 unspecified atom stereocenters. The number of anilines is 1. The van der Waals surface area contributed by atoms with Crippen LogP contribution in [0.3, 0.4) is 0 Å². The zero-order valence-electron chi connectivity index (χ0n) is 15.8. The molecule has 0 fully saturated rings. The second-order valence-corrected chi connectivity index (χ2v) is 6.59. The highest BCUT2D eigenvalue weighted by Gasteiger charge is 2.29. The van der Waals surface area contributed by atoms with Crippen molar-refractivity contribution < 1.29 is 18.9 Å². The molecule has 3 heterocycles. The first-order chi connectivity index (χ1) is 14.6. The van der Waals surface area contributed by atoms with Crippen LogP contribution in [0.15, 0.2) is 53.2 Å². The summed E-state index contributed by atoms with van der Waals surface area (Å²) >= 11 is 0. The Kier molecular flexibility index (Phi) is 5.46. The van der Waals surface area contributed by atoms with E-state index in [1.54, 1.807) is 42.6 Å². The van der Waals surface area contributed by atoms with E-state index in [1.165, 1.54) is 0 Å². The smallest absolute Gasteiger partial charge is 0.254 e. The minimum atomic E-state index is -0.968. The highest BCUT2D eigenvalue weighted by molar-refractivity contribution is 6.10. The highest BCUT2D eigenvalue weighted by Crippen LogP contribution is 2.18. The summed E-state index contributed by atoms with van der Waals surface area (Å²) in [6.07, 6.45) is 1.77. The first-order valence-corrected chi connectivity index (χ1v) is 9.31. The van der Waals surface area contributed by atoms with Gasteiger partial charge in [0, 0.05) is 19.2 Å². The maximum atomic E-state index is 12.3. The fourth-order valence-electron chi connectivity index (χ4n) is 2.98. The van der Waals surface area contributed by atoms with Crippen LogP contribution in [-0.4, -0.2) is 45.4 Å². The molecule has 10 nitrogen and oxygen atoms in total. The Morgan fingerprint density at radius 1 is 1.13 bits per heavy atom. The van der Waals surface area contributed by atoms with E-state index in [2.05, 4.69) is 31.1 Å². The summed E-state index contributed by atoms with van der Waals surface area (Å²) in [6, 6.07) is 11.1. The number of fused-ring (bicyclic) bond motifs is 1. The lowest BCUT2D eigenvalue weighted by Crippen LogP contribution is -2.44. The molecule has 30 heavy (non-hydrogen) atoms. The van der Waals surface area contributed by atoms with Gasteiger partial charge in [-0.25, -0.2) is 0 Å². The minimum Gasteiger partial charge on any atom is -0.356 e. The highest BCUT2D eigenvalue weighted by atomic mass is 16.5. The van der Waals surface area contributed by atoms with Crippen LogP contribution in [0.4, 0.5) is 5.69 Å². The van der Waals surface area contributed by atoms with Crippen LogP contribution in [-0.2, 0) is 16.0 Å². The van der Waals surface area contributed by atoms with Gasteiger partial charge in [0.1, 0.15) is 11.7 Å². The first-order valence-electron chi connectivity index (χ1n) is 9.31. The molecule has 2 aromatic heterocycles. The Hall–Kier alpha value is -4.08. The van der Waals surface area contributed by atoms with Crippen molar-refractivity contribution >= 4 is 23.4 Å². The van der Waals surface area contributed by atoms with Crippen molar-refractivity contribution in [1.29, 1.82) is 0 Å². The summed E-state index contributed by atoms with van der Waals surface area (Å²) in [6.45, 7) is 0.241. The number of benzene rings is 1. The second-order valence-electron chi connectivity index (χ2n) is 6.59. The number of nitrogens with zero attached hydrogens (tertiary/aromatic N) is 3. The Balaban J connectivity index is 1.29. The molecular formula is C20H18N6O4. The van der Waals surface area contributed by atoms with Gasteiger partial charge in [-0.2, -0.15) is 4.98 Å². The van der Waals surface area contributed by atoms with E-state index in [-0.39, 0.29) is 18.9 Å². The van der Waals surface area contributed by atoms with Gasteiger partial charge in [0.25, 0.3) is 5.91 Å². The zero-order valence-corrected chi connectivity index (χ0v) is 15.8. The molecule has 3 aromatic rings. The second kappa shape index (κ2) is 8.52. The van der Waals surface area contributed by atoms with E-state index in [0.717, 1.165) is 0 Å². The maximum Gasteiger partial charge on any atom is 0.254 e. The summed E-state index contributed by atoms with van der Waals surface area (Å²) in [4.78, 5) is 45.3. The molecule has 0 radical (unpaired) electrons. The molecular weight excluding hydrogens is 388 g/mol. The predicted octanol–water partition coefficient (Wildman–Crippen LogP) is 0.931. The van der Waals surface area contributed by atoms with Crippen LogP contribution in [0.2, 0.25) is 0 Å². The Morgan fingerprint density at radius 3 is 2.80 bits per heavy atom. The Morgan fingerprint density at radius 2 is 1.97 bits per heavy atom. The zero-order chi connectivity index (χ0) is 20.9. The van der Waals surface area contributed by atoms with E-state index < -0.39 is 17.9 Å². The van der Waals surface area contributed by atoms with E-state index in [4.69, 9.17) is 4.52 Å². The van der Waals surface area contributed by atoms with Gasteiger partial charge in [-0.3, -0.25) is 19.4 Å². The molecule has 4 rings (SSSR count). The van der Waals surface area contributed by atoms with Crippen LogP contribution in [0.5, 0.6) is 0 Å². The fourth-order valence-corrected chi connectivity index (χ4v) is 2.98. The molecule has 3 N–H and O–H groups in total. The van der Waals surface area contributed by atoms with Gasteiger partial charge in [-0.15, -0.1) is 0 Å². The van der Waals surface area contributed by atoms with Crippen molar-refractivity contribution in [2.24, 2.45) is 0 Å².